The number of nitrogens with one attached hydrogen (secondary N) is 1. The third-order valence-corrected chi connectivity index (χ3v) is 2.44. The van der Waals surface area contributed by atoms with Gasteiger partial charge in [0.05, 0.1) is 16.9 Å². The summed E-state index contributed by atoms with van der Waals surface area (Å²) >= 11 is 0. The Balaban J connectivity index is 2.28. The van der Waals surface area contributed by atoms with E-state index in [1.165, 1.54) is 4.68 Å². The normalized spacial score (nSPS) is 10.5. The summed E-state index contributed by atoms with van der Waals surface area (Å²) in [5.41, 5.74) is 3.68. The van der Waals surface area contributed by atoms with Crippen molar-refractivity contribution < 1.29 is 4.92 Å². The second-order valence-electron chi connectivity index (χ2n) is 4.05. The molecule has 0 aromatic carbocycles. The SMILES string of the molecule is Cc1cc(NN)nc(Cn2cc(C)c([N+](=O)[O-])n2)n1. The summed E-state index contributed by atoms with van der Waals surface area (Å²) in [6.45, 7) is 3.68. The predicted molar refractivity (Wildman–Crippen MR) is 67.3 cm³/mol. The minimum atomic E-state index is -0.518. The highest BCUT2D eigenvalue weighted by Crippen LogP contribution is 2.14. The van der Waals surface area contributed by atoms with Crippen molar-refractivity contribution in [2.24, 2.45) is 5.84 Å². The molecule has 0 saturated heterocycles. The number of nitrogens with zero attached hydrogens (tertiary/aromatic N) is 5. The number of nitrogen functional groups attached to an aromatic ring is 1. The molecular weight excluding hydrogens is 250 g/mol. The van der Waals surface area contributed by atoms with Crippen LogP contribution in [0.1, 0.15) is 17.1 Å². The van der Waals surface area contributed by atoms with E-state index in [2.05, 4.69) is 20.5 Å². The van der Waals surface area contributed by atoms with E-state index < -0.39 is 4.92 Å². The number of hydrogen-bond acceptors (Lipinski definition) is 7. The minimum Gasteiger partial charge on any atom is -0.358 e. The number of nitrogens with two attached hydrogens (primary N) is 1. The fraction of sp³-hybridized carbons (Fsp3) is 0.300. The maximum atomic E-state index is 10.7. The first-order valence-electron chi connectivity index (χ1n) is 5.49. The van der Waals surface area contributed by atoms with Crippen LogP contribution in [0.25, 0.3) is 0 Å². The fourth-order valence-corrected chi connectivity index (χ4v) is 1.69. The zero-order valence-corrected chi connectivity index (χ0v) is 10.5. The van der Waals surface area contributed by atoms with Crippen LogP contribution in [0, 0.1) is 24.0 Å². The molecule has 0 unspecified atom stereocenters. The van der Waals surface area contributed by atoms with Gasteiger partial charge in [0.15, 0.2) is 5.82 Å². The van der Waals surface area contributed by atoms with Gasteiger partial charge in [0.25, 0.3) is 0 Å². The number of nitro groups is 1. The van der Waals surface area contributed by atoms with Crippen molar-refractivity contribution in [3.63, 3.8) is 0 Å². The monoisotopic (exact) mass is 263 g/mol. The number of anilines is 1. The Morgan fingerprint density at radius 3 is 2.79 bits per heavy atom. The quantitative estimate of drug-likeness (QED) is 0.468. The number of aryl methyl sites for hydroxylation is 2. The summed E-state index contributed by atoms with van der Waals surface area (Å²) in [6.07, 6.45) is 1.58. The van der Waals surface area contributed by atoms with Gasteiger partial charge in [0.2, 0.25) is 0 Å². The molecule has 0 bridgehead atoms. The molecule has 0 radical (unpaired) electrons. The van der Waals surface area contributed by atoms with Crippen LogP contribution >= 0.6 is 0 Å². The lowest BCUT2D eigenvalue weighted by atomic mass is 10.4. The Bertz CT molecular complexity index is 622. The Kier molecular flexibility index (Phi) is 3.38. The minimum absolute atomic E-state index is 0.162. The highest BCUT2D eigenvalue weighted by molar-refractivity contribution is 5.34. The van der Waals surface area contributed by atoms with Gasteiger partial charge >= 0.3 is 5.82 Å². The molecular formula is C10H13N7O2. The maximum absolute atomic E-state index is 10.7. The van der Waals surface area contributed by atoms with Crippen LogP contribution < -0.4 is 11.3 Å². The first kappa shape index (κ1) is 12.9. The van der Waals surface area contributed by atoms with Gasteiger partial charge in [-0.25, -0.2) is 15.8 Å². The molecule has 2 rings (SSSR count). The molecule has 0 aliphatic heterocycles. The summed E-state index contributed by atoms with van der Waals surface area (Å²) in [4.78, 5) is 18.6. The average Bonchev–Trinajstić information content (AvgIpc) is 2.69. The van der Waals surface area contributed by atoms with Crippen LogP contribution in [-0.2, 0) is 6.54 Å². The molecule has 3 N–H and O–H groups in total. The van der Waals surface area contributed by atoms with Gasteiger partial charge in [-0.2, -0.15) is 4.68 Å². The molecule has 0 spiro atoms. The third kappa shape index (κ3) is 2.83. The molecule has 19 heavy (non-hydrogen) atoms. The average molecular weight is 263 g/mol. The van der Waals surface area contributed by atoms with Crippen molar-refractivity contribution in [2.75, 3.05) is 5.43 Å². The summed E-state index contributed by atoms with van der Waals surface area (Å²) in [5.74, 6) is 6.10. The van der Waals surface area contributed by atoms with Crippen molar-refractivity contribution in [1.82, 2.24) is 19.7 Å². The third-order valence-electron chi connectivity index (χ3n) is 2.44. The predicted octanol–water partition coefficient (Wildman–Crippen LogP) is 0.532. The number of rotatable bonds is 4. The first-order valence-corrected chi connectivity index (χ1v) is 5.49. The van der Waals surface area contributed by atoms with Crippen molar-refractivity contribution in [2.45, 2.75) is 20.4 Å². The van der Waals surface area contributed by atoms with Crippen LogP contribution in [0.4, 0.5) is 11.6 Å². The van der Waals surface area contributed by atoms with Crippen LogP contribution in [0.5, 0.6) is 0 Å². The van der Waals surface area contributed by atoms with Gasteiger partial charge in [0, 0.05) is 11.8 Å². The first-order chi connectivity index (χ1) is 8.99. The Morgan fingerprint density at radius 1 is 1.47 bits per heavy atom. The van der Waals surface area contributed by atoms with E-state index >= 15 is 0 Å². The van der Waals surface area contributed by atoms with Gasteiger partial charge in [0.1, 0.15) is 12.4 Å². The van der Waals surface area contributed by atoms with E-state index in [0.29, 0.717) is 17.2 Å². The van der Waals surface area contributed by atoms with E-state index in [1.807, 2.05) is 6.92 Å². The van der Waals surface area contributed by atoms with Crippen LogP contribution in [0.2, 0.25) is 0 Å². The van der Waals surface area contributed by atoms with Gasteiger partial charge < -0.3 is 15.5 Å². The lowest BCUT2D eigenvalue weighted by molar-refractivity contribution is -0.390. The van der Waals surface area contributed by atoms with Gasteiger partial charge in [-0.05, 0) is 18.8 Å². The molecule has 0 aliphatic carbocycles. The van der Waals surface area contributed by atoms with Crippen molar-refractivity contribution in [3.05, 3.63) is 39.5 Å². The second-order valence-corrected chi connectivity index (χ2v) is 4.05. The molecule has 0 fully saturated rings. The molecule has 0 aliphatic rings. The van der Waals surface area contributed by atoms with Crippen molar-refractivity contribution in [1.29, 1.82) is 0 Å². The maximum Gasteiger partial charge on any atom is 0.392 e. The number of hydrogen-bond donors (Lipinski definition) is 2. The van der Waals surface area contributed by atoms with Crippen LogP contribution in [-0.4, -0.2) is 24.7 Å². The zero-order valence-electron chi connectivity index (χ0n) is 10.5. The Labute approximate surface area is 108 Å². The van der Waals surface area contributed by atoms with Gasteiger partial charge in [-0.3, -0.25) is 0 Å². The molecule has 0 saturated carbocycles. The lowest BCUT2D eigenvalue weighted by Crippen LogP contribution is -2.13. The van der Waals surface area contributed by atoms with E-state index in [0.717, 1.165) is 5.69 Å². The Morgan fingerprint density at radius 2 is 2.21 bits per heavy atom. The highest BCUT2D eigenvalue weighted by Gasteiger charge is 2.17. The van der Waals surface area contributed by atoms with Crippen LogP contribution in [0.15, 0.2) is 12.3 Å². The van der Waals surface area contributed by atoms with Gasteiger partial charge in [-0.15, -0.1) is 0 Å². The van der Waals surface area contributed by atoms with Crippen molar-refractivity contribution in [3.8, 4) is 0 Å². The topological polar surface area (TPSA) is 125 Å². The lowest BCUT2D eigenvalue weighted by Gasteiger charge is -2.03. The van der Waals surface area contributed by atoms with E-state index in [-0.39, 0.29) is 12.4 Å². The van der Waals surface area contributed by atoms with E-state index in [9.17, 15) is 10.1 Å². The summed E-state index contributed by atoms with van der Waals surface area (Å²) in [7, 11) is 0. The van der Waals surface area contributed by atoms with E-state index in [1.54, 1.807) is 19.2 Å². The smallest absolute Gasteiger partial charge is 0.358 e. The molecule has 9 heteroatoms. The molecule has 9 nitrogen and oxygen atoms in total. The molecule has 0 atom stereocenters. The largest absolute Gasteiger partial charge is 0.392 e. The molecule has 100 valence electrons. The summed E-state index contributed by atoms with van der Waals surface area (Å²) < 4.78 is 1.43. The zero-order chi connectivity index (χ0) is 14.0. The number of aromatic nitrogens is 4. The number of hydrazine groups is 1. The summed E-state index contributed by atoms with van der Waals surface area (Å²) in [5, 5.41) is 14.6. The second kappa shape index (κ2) is 4.98. The Hall–Kier alpha value is -2.55. The van der Waals surface area contributed by atoms with Gasteiger partial charge in [-0.1, -0.05) is 0 Å². The van der Waals surface area contributed by atoms with Crippen molar-refractivity contribution >= 4 is 11.6 Å². The standard InChI is InChI=1S/C10H13N7O2/c1-6-4-16(15-10(6)17(18)19)5-9-12-7(2)3-8(13-9)14-11/h3-4H,5,11H2,1-2H3,(H,12,13,14). The summed E-state index contributed by atoms with van der Waals surface area (Å²) in [6, 6.07) is 1.69. The molecule has 2 aromatic heterocycles. The molecule has 2 heterocycles. The molecule has 2 aromatic rings. The highest BCUT2D eigenvalue weighted by atomic mass is 16.6. The van der Waals surface area contributed by atoms with E-state index in [4.69, 9.17) is 5.84 Å². The fourth-order valence-electron chi connectivity index (χ4n) is 1.69. The van der Waals surface area contributed by atoms with Crippen LogP contribution in [0.3, 0.4) is 0 Å². The molecule has 0 amide bonds.